The van der Waals surface area contributed by atoms with Crippen molar-refractivity contribution in [2.24, 2.45) is 0 Å². The minimum absolute atomic E-state index is 0.0914. The summed E-state index contributed by atoms with van der Waals surface area (Å²) in [4.78, 5) is 14.4. The van der Waals surface area contributed by atoms with Gasteiger partial charge >= 0.3 is 5.97 Å². The van der Waals surface area contributed by atoms with Crippen LogP contribution in [0.5, 0.6) is 0 Å². The van der Waals surface area contributed by atoms with E-state index in [4.69, 9.17) is 9.47 Å². The highest BCUT2D eigenvalue weighted by Crippen LogP contribution is 2.21. The van der Waals surface area contributed by atoms with Crippen molar-refractivity contribution in [1.29, 1.82) is 0 Å². The van der Waals surface area contributed by atoms with Crippen LogP contribution in [-0.4, -0.2) is 41.5 Å². The van der Waals surface area contributed by atoms with Gasteiger partial charge in [-0.2, -0.15) is 0 Å². The molecule has 100 valence electrons. The zero-order valence-corrected chi connectivity index (χ0v) is 10.3. The van der Waals surface area contributed by atoms with Gasteiger partial charge in [0.1, 0.15) is 6.10 Å². The van der Waals surface area contributed by atoms with Gasteiger partial charge in [0.2, 0.25) is 0 Å². The van der Waals surface area contributed by atoms with Gasteiger partial charge in [-0.25, -0.2) is 4.79 Å². The Morgan fingerprint density at radius 3 is 2.95 bits per heavy atom. The summed E-state index contributed by atoms with van der Waals surface area (Å²) >= 11 is 0. The number of rotatable bonds is 5. The van der Waals surface area contributed by atoms with Gasteiger partial charge in [0, 0.05) is 23.5 Å². The molecule has 1 aromatic heterocycles. The molecule has 0 radical (unpaired) electrons. The molecule has 0 spiro atoms. The number of aromatic amines is 1. The number of aliphatic carboxylic acids is 1. The van der Waals surface area contributed by atoms with Crippen LogP contribution in [0, 0.1) is 0 Å². The monoisotopic (exact) mass is 261 g/mol. The third-order valence-electron chi connectivity index (χ3n) is 3.32. The predicted molar refractivity (Wildman–Crippen MR) is 69.1 cm³/mol. The molecular formula is C14H15NO4. The number of benzene rings is 1. The number of carbonyl (C=O) groups is 1. The Hall–Kier alpha value is -1.85. The van der Waals surface area contributed by atoms with E-state index in [0.717, 1.165) is 16.5 Å². The zero-order valence-electron chi connectivity index (χ0n) is 10.3. The van der Waals surface area contributed by atoms with Gasteiger partial charge in [0.25, 0.3) is 0 Å². The van der Waals surface area contributed by atoms with E-state index in [9.17, 15) is 9.90 Å². The fourth-order valence-corrected chi connectivity index (χ4v) is 2.22. The number of hydrogen-bond donors (Lipinski definition) is 2. The lowest BCUT2D eigenvalue weighted by molar-refractivity contribution is -0.178. The van der Waals surface area contributed by atoms with Crippen LogP contribution in [0.4, 0.5) is 0 Å². The molecule has 1 fully saturated rings. The van der Waals surface area contributed by atoms with Crippen LogP contribution in [-0.2, 0) is 20.7 Å². The Labute approximate surface area is 110 Å². The van der Waals surface area contributed by atoms with E-state index in [0.29, 0.717) is 19.6 Å². The second-order valence-electron chi connectivity index (χ2n) is 4.69. The first-order chi connectivity index (χ1) is 9.24. The number of carboxylic acid groups (broad SMARTS) is 1. The first-order valence-electron chi connectivity index (χ1n) is 6.25. The van der Waals surface area contributed by atoms with Crippen LogP contribution >= 0.6 is 0 Å². The topological polar surface area (TPSA) is 71.5 Å². The summed E-state index contributed by atoms with van der Waals surface area (Å²) < 4.78 is 10.5. The maximum absolute atomic E-state index is 11.3. The first kappa shape index (κ1) is 12.2. The van der Waals surface area contributed by atoms with E-state index < -0.39 is 12.1 Å². The molecule has 5 heteroatoms. The lowest BCUT2D eigenvalue weighted by Gasteiger charge is -2.28. The molecule has 2 N–H and O–H groups in total. The van der Waals surface area contributed by atoms with Crippen molar-refractivity contribution < 1.29 is 19.4 Å². The average Bonchev–Trinajstić information content (AvgIpc) is 2.75. The van der Waals surface area contributed by atoms with Crippen LogP contribution in [0.1, 0.15) is 5.56 Å². The molecule has 0 bridgehead atoms. The molecule has 2 aromatic rings. The highest BCUT2D eigenvalue weighted by molar-refractivity contribution is 5.84. The molecule has 0 amide bonds. The van der Waals surface area contributed by atoms with Crippen molar-refractivity contribution in [1.82, 2.24) is 4.98 Å². The summed E-state index contributed by atoms with van der Waals surface area (Å²) in [5.41, 5.74) is 1.97. The zero-order chi connectivity index (χ0) is 13.2. The fourth-order valence-electron chi connectivity index (χ4n) is 2.22. The van der Waals surface area contributed by atoms with Crippen LogP contribution in [0.25, 0.3) is 10.9 Å². The van der Waals surface area contributed by atoms with Crippen molar-refractivity contribution in [2.75, 3.05) is 13.2 Å². The molecule has 0 unspecified atom stereocenters. The number of H-pyrrole nitrogens is 1. The largest absolute Gasteiger partial charge is 0.479 e. The normalized spacial score (nSPS) is 17.3. The standard InChI is InChI=1S/C14H15NO4/c16-14(17)13(19-10-7-18-8-10)5-9-6-15-12-4-2-1-3-11(9)12/h1-4,6,10,13,15H,5,7-8H2,(H,16,17)/t13-/m0/s1. The maximum atomic E-state index is 11.3. The Bertz CT molecular complexity index is 588. The molecule has 5 nitrogen and oxygen atoms in total. The molecule has 0 aliphatic carbocycles. The summed E-state index contributed by atoms with van der Waals surface area (Å²) in [6.45, 7) is 0.968. The van der Waals surface area contributed by atoms with Gasteiger partial charge < -0.3 is 19.6 Å². The average molecular weight is 261 g/mol. The van der Waals surface area contributed by atoms with Crippen LogP contribution in [0.2, 0.25) is 0 Å². The molecule has 2 heterocycles. The maximum Gasteiger partial charge on any atom is 0.333 e. The van der Waals surface area contributed by atoms with Crippen LogP contribution < -0.4 is 0 Å². The molecule has 1 aliphatic heterocycles. The molecular weight excluding hydrogens is 246 g/mol. The fraction of sp³-hybridized carbons (Fsp3) is 0.357. The summed E-state index contributed by atoms with van der Waals surface area (Å²) in [7, 11) is 0. The number of aromatic nitrogens is 1. The molecule has 1 aromatic carbocycles. The molecule has 0 saturated carbocycles. The molecule has 1 atom stereocenters. The van der Waals surface area contributed by atoms with Crippen molar-refractivity contribution in [3.63, 3.8) is 0 Å². The van der Waals surface area contributed by atoms with E-state index in [1.54, 1.807) is 0 Å². The summed E-state index contributed by atoms with van der Waals surface area (Å²) in [6, 6.07) is 7.83. The van der Waals surface area contributed by atoms with E-state index in [1.165, 1.54) is 0 Å². The smallest absolute Gasteiger partial charge is 0.333 e. The van der Waals surface area contributed by atoms with E-state index >= 15 is 0 Å². The SMILES string of the molecule is O=C(O)[C@H](Cc1c[nH]c2ccccc12)OC1COC1. The molecule has 19 heavy (non-hydrogen) atoms. The minimum atomic E-state index is -0.933. The second kappa shape index (κ2) is 5.03. The van der Waals surface area contributed by atoms with Gasteiger partial charge in [-0.1, -0.05) is 18.2 Å². The van der Waals surface area contributed by atoms with Crippen molar-refractivity contribution >= 4 is 16.9 Å². The van der Waals surface area contributed by atoms with E-state index in [1.807, 2.05) is 30.5 Å². The highest BCUT2D eigenvalue weighted by atomic mass is 16.6. The Morgan fingerprint density at radius 1 is 1.47 bits per heavy atom. The molecule has 3 rings (SSSR count). The van der Waals surface area contributed by atoms with Gasteiger partial charge in [-0.15, -0.1) is 0 Å². The third-order valence-corrected chi connectivity index (χ3v) is 3.32. The lowest BCUT2D eigenvalue weighted by Crippen LogP contribution is -2.42. The van der Waals surface area contributed by atoms with Crippen LogP contribution in [0.15, 0.2) is 30.5 Å². The van der Waals surface area contributed by atoms with Gasteiger partial charge in [0.15, 0.2) is 6.10 Å². The van der Waals surface area contributed by atoms with Crippen molar-refractivity contribution in [3.05, 3.63) is 36.0 Å². The summed E-state index contributed by atoms with van der Waals surface area (Å²) in [5, 5.41) is 10.3. The lowest BCUT2D eigenvalue weighted by atomic mass is 10.1. The van der Waals surface area contributed by atoms with Gasteiger partial charge in [0.05, 0.1) is 13.2 Å². The number of carboxylic acids is 1. The molecule has 1 aliphatic rings. The Kier molecular flexibility index (Phi) is 3.23. The van der Waals surface area contributed by atoms with Gasteiger partial charge in [-0.05, 0) is 11.6 Å². The Morgan fingerprint density at radius 2 is 2.26 bits per heavy atom. The number of para-hydroxylation sites is 1. The number of hydrogen-bond acceptors (Lipinski definition) is 3. The van der Waals surface area contributed by atoms with E-state index in [-0.39, 0.29) is 6.10 Å². The van der Waals surface area contributed by atoms with Crippen LogP contribution in [0.3, 0.4) is 0 Å². The first-order valence-corrected chi connectivity index (χ1v) is 6.25. The number of fused-ring (bicyclic) bond motifs is 1. The minimum Gasteiger partial charge on any atom is -0.479 e. The van der Waals surface area contributed by atoms with Crippen molar-refractivity contribution in [3.8, 4) is 0 Å². The molecule has 1 saturated heterocycles. The van der Waals surface area contributed by atoms with Gasteiger partial charge in [-0.3, -0.25) is 0 Å². The quantitative estimate of drug-likeness (QED) is 0.857. The summed E-state index contributed by atoms with van der Waals surface area (Å²) in [6.07, 6.45) is 1.29. The summed E-state index contributed by atoms with van der Waals surface area (Å²) in [5.74, 6) is -0.933. The predicted octanol–water partition coefficient (Wildman–Crippen LogP) is 1.58. The highest BCUT2D eigenvalue weighted by Gasteiger charge is 2.28. The third kappa shape index (κ3) is 2.47. The Balaban J connectivity index is 1.78. The second-order valence-corrected chi connectivity index (χ2v) is 4.69. The number of nitrogens with one attached hydrogen (secondary N) is 1. The number of ether oxygens (including phenoxy) is 2. The van der Waals surface area contributed by atoms with E-state index in [2.05, 4.69) is 4.98 Å². The van der Waals surface area contributed by atoms with Crippen molar-refractivity contribution in [2.45, 2.75) is 18.6 Å².